The lowest BCUT2D eigenvalue weighted by Crippen LogP contribution is -2.32. The van der Waals surface area contributed by atoms with Crippen LogP contribution >= 0.6 is 0 Å². The maximum Gasteiger partial charge on any atom is 0.229 e. The van der Waals surface area contributed by atoms with Gasteiger partial charge in [-0.2, -0.15) is 0 Å². The van der Waals surface area contributed by atoms with Crippen LogP contribution in [0.1, 0.15) is 32.6 Å². The zero-order valence-corrected chi connectivity index (χ0v) is 11.9. The van der Waals surface area contributed by atoms with Gasteiger partial charge in [-0.1, -0.05) is 6.92 Å². The third kappa shape index (κ3) is 2.80. The van der Waals surface area contributed by atoms with Crippen LogP contribution in [0.2, 0.25) is 0 Å². The lowest BCUT2D eigenvalue weighted by molar-refractivity contribution is -0.120. The normalized spacial score (nSPS) is 27.6. The molecule has 0 saturated carbocycles. The van der Waals surface area contributed by atoms with Crippen molar-refractivity contribution in [2.75, 3.05) is 11.9 Å². The summed E-state index contributed by atoms with van der Waals surface area (Å²) in [6.07, 6.45) is 4.33. The Morgan fingerprint density at radius 3 is 2.75 bits per heavy atom. The molecule has 3 atom stereocenters. The van der Waals surface area contributed by atoms with Gasteiger partial charge < -0.3 is 15.4 Å². The first-order valence-corrected chi connectivity index (χ1v) is 7.56. The van der Waals surface area contributed by atoms with E-state index in [1.807, 2.05) is 24.3 Å². The highest BCUT2D eigenvalue weighted by Gasteiger charge is 2.42. The molecule has 0 aromatic heterocycles. The number of hydrogen-bond donors (Lipinski definition) is 2. The Morgan fingerprint density at radius 1 is 1.35 bits per heavy atom. The van der Waals surface area contributed by atoms with Crippen molar-refractivity contribution >= 4 is 11.6 Å². The summed E-state index contributed by atoms with van der Waals surface area (Å²) in [4.78, 5) is 12.3. The van der Waals surface area contributed by atoms with E-state index in [1.54, 1.807) is 0 Å². The van der Waals surface area contributed by atoms with Crippen molar-refractivity contribution in [2.45, 2.75) is 44.7 Å². The molecule has 0 spiro atoms. The first-order chi connectivity index (χ1) is 9.76. The number of amides is 1. The summed E-state index contributed by atoms with van der Waals surface area (Å²) < 4.78 is 5.53. The molecule has 2 aliphatic rings. The number of carbonyl (C=O) groups is 1. The van der Waals surface area contributed by atoms with E-state index in [0.717, 1.165) is 37.3 Å². The van der Waals surface area contributed by atoms with Gasteiger partial charge in [0.05, 0.1) is 12.5 Å². The predicted octanol–water partition coefficient (Wildman–Crippen LogP) is 2.55. The van der Waals surface area contributed by atoms with Gasteiger partial charge in [-0.3, -0.25) is 4.79 Å². The van der Waals surface area contributed by atoms with E-state index in [9.17, 15) is 4.79 Å². The van der Waals surface area contributed by atoms with Gasteiger partial charge in [-0.15, -0.1) is 0 Å². The van der Waals surface area contributed by atoms with Crippen LogP contribution in [-0.2, 0) is 4.79 Å². The van der Waals surface area contributed by atoms with Crippen LogP contribution in [0.4, 0.5) is 5.69 Å². The number of nitrogens with one attached hydrogen (secondary N) is 2. The summed E-state index contributed by atoms with van der Waals surface area (Å²) in [5, 5.41) is 6.51. The quantitative estimate of drug-likeness (QED) is 0.867. The van der Waals surface area contributed by atoms with E-state index in [4.69, 9.17) is 4.74 Å². The summed E-state index contributed by atoms with van der Waals surface area (Å²) in [5.74, 6) is 1.13. The molecule has 3 unspecified atom stereocenters. The lowest BCUT2D eigenvalue weighted by Gasteiger charge is -2.19. The van der Waals surface area contributed by atoms with Gasteiger partial charge in [0.25, 0.3) is 0 Å². The first kappa shape index (κ1) is 13.4. The Morgan fingerprint density at radius 2 is 2.15 bits per heavy atom. The zero-order chi connectivity index (χ0) is 13.9. The molecule has 108 valence electrons. The molecule has 2 bridgehead atoms. The van der Waals surface area contributed by atoms with Crippen molar-refractivity contribution in [3.63, 3.8) is 0 Å². The highest BCUT2D eigenvalue weighted by Crippen LogP contribution is 2.33. The number of rotatable bonds is 5. The number of anilines is 1. The Balaban J connectivity index is 1.56. The molecule has 2 heterocycles. The molecule has 2 aliphatic heterocycles. The van der Waals surface area contributed by atoms with Crippen LogP contribution < -0.4 is 15.4 Å². The Hall–Kier alpha value is -1.55. The molecular weight excluding hydrogens is 252 g/mol. The van der Waals surface area contributed by atoms with E-state index in [0.29, 0.717) is 12.1 Å². The monoisotopic (exact) mass is 274 g/mol. The third-order valence-corrected chi connectivity index (χ3v) is 4.23. The number of ether oxygens (including phenoxy) is 1. The SMILES string of the molecule is CCCOc1ccc(NC(=O)C2CC3CCC2N3)cc1. The molecule has 1 amide bonds. The smallest absolute Gasteiger partial charge is 0.229 e. The van der Waals surface area contributed by atoms with Crippen LogP contribution in [0, 0.1) is 5.92 Å². The predicted molar refractivity (Wildman–Crippen MR) is 78.9 cm³/mol. The molecule has 4 heteroatoms. The average Bonchev–Trinajstić information content (AvgIpc) is 3.09. The minimum atomic E-state index is 0.129. The van der Waals surface area contributed by atoms with Crippen LogP contribution in [0.25, 0.3) is 0 Å². The summed E-state index contributed by atoms with van der Waals surface area (Å²) in [6.45, 7) is 2.81. The van der Waals surface area contributed by atoms with Crippen molar-refractivity contribution in [2.24, 2.45) is 5.92 Å². The average molecular weight is 274 g/mol. The minimum absolute atomic E-state index is 0.129. The summed E-state index contributed by atoms with van der Waals surface area (Å²) in [6, 6.07) is 8.56. The Labute approximate surface area is 119 Å². The summed E-state index contributed by atoms with van der Waals surface area (Å²) in [7, 11) is 0. The van der Waals surface area contributed by atoms with Crippen LogP contribution in [0.5, 0.6) is 5.75 Å². The van der Waals surface area contributed by atoms with Gasteiger partial charge in [0.1, 0.15) is 5.75 Å². The fourth-order valence-corrected chi connectivity index (χ4v) is 3.20. The minimum Gasteiger partial charge on any atom is -0.494 e. The second kappa shape index (κ2) is 5.83. The molecule has 2 fully saturated rings. The van der Waals surface area contributed by atoms with Crippen molar-refractivity contribution < 1.29 is 9.53 Å². The highest BCUT2D eigenvalue weighted by atomic mass is 16.5. The summed E-state index contributed by atoms with van der Waals surface area (Å²) >= 11 is 0. The van der Waals surface area contributed by atoms with Crippen LogP contribution in [-0.4, -0.2) is 24.6 Å². The maximum atomic E-state index is 12.3. The summed E-state index contributed by atoms with van der Waals surface area (Å²) in [5.41, 5.74) is 0.849. The second-order valence-corrected chi connectivity index (χ2v) is 5.75. The van der Waals surface area contributed by atoms with Gasteiger partial charge in [0.15, 0.2) is 0 Å². The third-order valence-electron chi connectivity index (χ3n) is 4.23. The second-order valence-electron chi connectivity index (χ2n) is 5.75. The fourth-order valence-electron chi connectivity index (χ4n) is 3.20. The molecule has 20 heavy (non-hydrogen) atoms. The van der Waals surface area contributed by atoms with Gasteiger partial charge >= 0.3 is 0 Å². The zero-order valence-electron chi connectivity index (χ0n) is 11.9. The fraction of sp³-hybridized carbons (Fsp3) is 0.562. The van der Waals surface area contributed by atoms with Crippen LogP contribution in [0.3, 0.4) is 0 Å². The standard InChI is InChI=1S/C16H22N2O2/c1-2-9-20-13-6-3-11(4-7-13)18-16(19)14-10-12-5-8-15(14)17-12/h3-4,6-7,12,14-15,17H,2,5,8-10H2,1H3,(H,18,19). The molecule has 0 aliphatic carbocycles. The van der Waals surface area contributed by atoms with Gasteiger partial charge in [0.2, 0.25) is 5.91 Å². The highest BCUT2D eigenvalue weighted by molar-refractivity contribution is 5.93. The molecule has 4 nitrogen and oxygen atoms in total. The Kier molecular flexibility index (Phi) is 3.92. The number of hydrogen-bond acceptors (Lipinski definition) is 3. The molecule has 2 N–H and O–H groups in total. The number of carbonyl (C=O) groups excluding carboxylic acids is 1. The van der Waals surface area contributed by atoms with E-state index in [1.165, 1.54) is 6.42 Å². The first-order valence-electron chi connectivity index (χ1n) is 7.56. The maximum absolute atomic E-state index is 12.3. The number of benzene rings is 1. The van der Waals surface area contributed by atoms with Crippen molar-refractivity contribution in [1.82, 2.24) is 5.32 Å². The molecule has 2 saturated heterocycles. The van der Waals surface area contributed by atoms with E-state index < -0.39 is 0 Å². The molecular formula is C16H22N2O2. The van der Waals surface area contributed by atoms with E-state index >= 15 is 0 Å². The van der Waals surface area contributed by atoms with E-state index in [-0.39, 0.29) is 11.8 Å². The van der Waals surface area contributed by atoms with Crippen molar-refractivity contribution in [3.05, 3.63) is 24.3 Å². The lowest BCUT2D eigenvalue weighted by atomic mass is 9.88. The largest absolute Gasteiger partial charge is 0.494 e. The van der Waals surface area contributed by atoms with Gasteiger partial charge in [0, 0.05) is 17.8 Å². The van der Waals surface area contributed by atoms with Crippen molar-refractivity contribution in [3.8, 4) is 5.75 Å². The van der Waals surface area contributed by atoms with Crippen molar-refractivity contribution in [1.29, 1.82) is 0 Å². The van der Waals surface area contributed by atoms with Gasteiger partial charge in [-0.25, -0.2) is 0 Å². The van der Waals surface area contributed by atoms with Crippen LogP contribution in [0.15, 0.2) is 24.3 Å². The molecule has 3 rings (SSSR count). The molecule has 0 radical (unpaired) electrons. The van der Waals surface area contributed by atoms with Gasteiger partial charge in [-0.05, 0) is 49.9 Å². The number of fused-ring (bicyclic) bond motifs is 2. The topological polar surface area (TPSA) is 50.4 Å². The van der Waals surface area contributed by atoms with E-state index in [2.05, 4.69) is 17.6 Å². The molecule has 1 aromatic rings. The Bertz CT molecular complexity index is 472. The molecule has 1 aromatic carbocycles.